The predicted molar refractivity (Wildman–Crippen MR) is 47.5 cm³/mol. The smallest absolute Gasteiger partial charge is 0.225 e. The quantitative estimate of drug-likeness (QED) is 0.813. The summed E-state index contributed by atoms with van der Waals surface area (Å²) in [6.07, 6.45) is -4.88. The molecule has 4 nitrogen and oxygen atoms in total. The number of nitriles is 1. The van der Waals surface area contributed by atoms with Crippen molar-refractivity contribution in [3.63, 3.8) is 0 Å². The van der Waals surface area contributed by atoms with Crippen molar-refractivity contribution in [1.29, 1.82) is 5.26 Å². The second-order valence-electron chi connectivity index (χ2n) is 2.87. The molecule has 0 atom stereocenters. The first kappa shape index (κ1) is 12.5. The van der Waals surface area contributed by atoms with Crippen LogP contribution in [0.1, 0.15) is 11.1 Å². The van der Waals surface area contributed by atoms with E-state index >= 15 is 0 Å². The van der Waals surface area contributed by atoms with Gasteiger partial charge >= 0.3 is 6.18 Å². The molecule has 0 spiro atoms. The summed E-state index contributed by atoms with van der Waals surface area (Å²) in [4.78, 5) is -1.04. The minimum atomic E-state index is -4.88. The topological polar surface area (TPSA) is 83.9 Å². The number of halogens is 3. The Kier molecular flexibility index (Phi) is 2.94. The van der Waals surface area contributed by atoms with E-state index in [1.165, 1.54) is 6.07 Å². The van der Waals surface area contributed by atoms with E-state index in [0.717, 1.165) is 6.07 Å². The molecular formula is C8H5F3N2O2S. The van der Waals surface area contributed by atoms with Crippen molar-refractivity contribution >= 4 is 10.0 Å². The number of nitrogens with two attached hydrogens (primary N) is 1. The van der Waals surface area contributed by atoms with Gasteiger partial charge in [0.2, 0.25) is 10.0 Å². The minimum absolute atomic E-state index is 0.292. The Labute approximate surface area is 89.2 Å². The zero-order valence-corrected chi connectivity index (χ0v) is 8.43. The molecule has 0 saturated carbocycles. The average Bonchev–Trinajstić information content (AvgIpc) is 2.14. The highest BCUT2D eigenvalue weighted by Crippen LogP contribution is 2.34. The Morgan fingerprint density at radius 1 is 1.31 bits per heavy atom. The fourth-order valence-electron chi connectivity index (χ4n) is 1.07. The standard InChI is InChI=1S/C8H5F3N2O2S/c9-8(10,11)6-3-5(4-12)1-2-7(6)16(13,14)15/h1-3H,(H2,13,14,15). The summed E-state index contributed by atoms with van der Waals surface area (Å²) in [5.41, 5.74) is -1.73. The van der Waals surface area contributed by atoms with Gasteiger partial charge in [-0.1, -0.05) is 0 Å². The lowest BCUT2D eigenvalue weighted by molar-refractivity contribution is -0.139. The summed E-state index contributed by atoms with van der Waals surface area (Å²) in [6.45, 7) is 0. The SMILES string of the molecule is N#Cc1ccc(S(N)(=O)=O)c(C(F)(F)F)c1. The van der Waals surface area contributed by atoms with Crippen molar-refractivity contribution in [3.05, 3.63) is 29.3 Å². The maximum atomic E-state index is 12.5. The maximum Gasteiger partial charge on any atom is 0.417 e. The van der Waals surface area contributed by atoms with Crippen LogP contribution in [0.15, 0.2) is 23.1 Å². The minimum Gasteiger partial charge on any atom is -0.225 e. The number of sulfonamides is 1. The van der Waals surface area contributed by atoms with Crippen molar-refractivity contribution < 1.29 is 21.6 Å². The molecule has 0 aliphatic rings. The molecule has 8 heteroatoms. The lowest BCUT2D eigenvalue weighted by Crippen LogP contribution is -2.19. The van der Waals surface area contributed by atoms with Gasteiger partial charge in [0.05, 0.1) is 22.1 Å². The third-order valence-electron chi connectivity index (χ3n) is 1.72. The van der Waals surface area contributed by atoms with Crippen molar-refractivity contribution in [1.82, 2.24) is 0 Å². The van der Waals surface area contributed by atoms with Crippen LogP contribution in [0.5, 0.6) is 0 Å². The zero-order chi connectivity index (χ0) is 12.6. The van der Waals surface area contributed by atoms with Crippen LogP contribution in [0.2, 0.25) is 0 Å². The summed E-state index contributed by atoms with van der Waals surface area (Å²) in [5.74, 6) is 0. The van der Waals surface area contributed by atoms with Crippen LogP contribution in [0.4, 0.5) is 13.2 Å². The molecule has 0 heterocycles. The number of benzene rings is 1. The second kappa shape index (κ2) is 3.77. The van der Waals surface area contributed by atoms with E-state index in [1.54, 1.807) is 0 Å². The van der Waals surface area contributed by atoms with Gasteiger partial charge in [-0.2, -0.15) is 18.4 Å². The summed E-state index contributed by atoms with van der Waals surface area (Å²) in [5, 5.41) is 13.1. The first-order valence-corrected chi connectivity index (χ1v) is 5.35. The van der Waals surface area contributed by atoms with Gasteiger partial charge in [0.1, 0.15) is 0 Å². The van der Waals surface area contributed by atoms with Gasteiger partial charge in [0.15, 0.2) is 0 Å². The van der Waals surface area contributed by atoms with E-state index in [2.05, 4.69) is 5.14 Å². The van der Waals surface area contributed by atoms with Crippen LogP contribution in [-0.2, 0) is 16.2 Å². The molecule has 1 aromatic carbocycles. The zero-order valence-electron chi connectivity index (χ0n) is 7.62. The molecule has 0 saturated heterocycles. The van der Waals surface area contributed by atoms with Gasteiger partial charge < -0.3 is 0 Å². The third-order valence-corrected chi connectivity index (χ3v) is 2.69. The van der Waals surface area contributed by atoms with Gasteiger partial charge in [0.25, 0.3) is 0 Å². The Hall–Kier alpha value is -1.59. The highest BCUT2D eigenvalue weighted by molar-refractivity contribution is 7.89. The predicted octanol–water partition coefficient (Wildman–Crippen LogP) is 1.22. The lowest BCUT2D eigenvalue weighted by Gasteiger charge is -2.11. The van der Waals surface area contributed by atoms with Gasteiger partial charge in [-0.25, -0.2) is 13.6 Å². The normalized spacial score (nSPS) is 12.2. The van der Waals surface area contributed by atoms with E-state index in [0.29, 0.717) is 12.1 Å². The summed E-state index contributed by atoms with van der Waals surface area (Å²) in [7, 11) is -4.47. The Balaban J connectivity index is 3.60. The van der Waals surface area contributed by atoms with Crippen molar-refractivity contribution in [3.8, 4) is 6.07 Å². The van der Waals surface area contributed by atoms with E-state index in [-0.39, 0.29) is 5.56 Å². The van der Waals surface area contributed by atoms with Crippen LogP contribution in [0.3, 0.4) is 0 Å². The molecular weight excluding hydrogens is 245 g/mol. The highest BCUT2D eigenvalue weighted by Gasteiger charge is 2.36. The molecule has 16 heavy (non-hydrogen) atoms. The molecule has 86 valence electrons. The lowest BCUT2D eigenvalue weighted by atomic mass is 10.1. The summed E-state index contributed by atoms with van der Waals surface area (Å²) >= 11 is 0. The maximum absolute atomic E-state index is 12.5. The molecule has 0 aliphatic heterocycles. The van der Waals surface area contributed by atoms with Crippen LogP contribution >= 0.6 is 0 Å². The highest BCUT2D eigenvalue weighted by atomic mass is 32.2. The number of hydrogen-bond acceptors (Lipinski definition) is 3. The molecule has 1 rings (SSSR count). The molecule has 0 radical (unpaired) electrons. The molecule has 0 bridgehead atoms. The fourth-order valence-corrected chi connectivity index (χ4v) is 1.81. The summed E-state index contributed by atoms with van der Waals surface area (Å²) < 4.78 is 59.2. The van der Waals surface area contributed by atoms with Gasteiger partial charge in [-0.05, 0) is 18.2 Å². The number of hydrogen-bond donors (Lipinski definition) is 1. The van der Waals surface area contributed by atoms with E-state index in [9.17, 15) is 21.6 Å². The van der Waals surface area contributed by atoms with Gasteiger partial charge in [0, 0.05) is 0 Å². The van der Waals surface area contributed by atoms with E-state index in [4.69, 9.17) is 5.26 Å². The first-order valence-electron chi connectivity index (χ1n) is 3.80. The molecule has 0 aromatic heterocycles. The number of nitrogens with zero attached hydrogens (tertiary/aromatic N) is 1. The van der Waals surface area contributed by atoms with Crippen LogP contribution in [-0.4, -0.2) is 8.42 Å². The van der Waals surface area contributed by atoms with Crippen molar-refractivity contribution in [2.24, 2.45) is 5.14 Å². The Morgan fingerprint density at radius 3 is 2.25 bits per heavy atom. The van der Waals surface area contributed by atoms with Gasteiger partial charge in [-0.15, -0.1) is 0 Å². The fraction of sp³-hybridized carbons (Fsp3) is 0.125. The van der Waals surface area contributed by atoms with Crippen LogP contribution in [0, 0.1) is 11.3 Å². The molecule has 0 unspecified atom stereocenters. The third kappa shape index (κ3) is 2.50. The second-order valence-corrected chi connectivity index (χ2v) is 4.40. The van der Waals surface area contributed by atoms with Gasteiger partial charge in [-0.3, -0.25) is 0 Å². The monoisotopic (exact) mass is 250 g/mol. The number of rotatable bonds is 1. The van der Waals surface area contributed by atoms with Crippen molar-refractivity contribution in [2.75, 3.05) is 0 Å². The summed E-state index contributed by atoms with van der Waals surface area (Å²) in [6, 6.07) is 3.54. The molecule has 0 fully saturated rings. The van der Waals surface area contributed by atoms with Crippen LogP contribution in [0.25, 0.3) is 0 Å². The Morgan fingerprint density at radius 2 is 1.88 bits per heavy atom. The van der Waals surface area contributed by atoms with E-state index in [1.807, 2.05) is 0 Å². The number of primary sulfonamides is 1. The van der Waals surface area contributed by atoms with Crippen LogP contribution < -0.4 is 5.14 Å². The first-order chi connectivity index (χ1) is 7.16. The largest absolute Gasteiger partial charge is 0.417 e. The molecule has 0 amide bonds. The molecule has 1 aromatic rings. The molecule has 0 aliphatic carbocycles. The van der Waals surface area contributed by atoms with Crippen molar-refractivity contribution in [2.45, 2.75) is 11.1 Å². The average molecular weight is 250 g/mol. The molecule has 2 N–H and O–H groups in total. The Bertz CT molecular complexity index is 558. The van der Waals surface area contributed by atoms with E-state index < -0.39 is 26.7 Å². The number of alkyl halides is 3.